The molecule has 4 heteroatoms. The van der Waals surface area contributed by atoms with Crippen LogP contribution in [0.4, 0.5) is 0 Å². The van der Waals surface area contributed by atoms with Crippen molar-refractivity contribution in [2.24, 2.45) is 5.10 Å². The first-order valence-electron chi connectivity index (χ1n) is 5.87. The van der Waals surface area contributed by atoms with Gasteiger partial charge in [-0.05, 0) is 23.8 Å². The van der Waals surface area contributed by atoms with Crippen LogP contribution in [0.1, 0.15) is 15.9 Å². The minimum absolute atomic E-state index is 0.217. The molecule has 1 amide bonds. The van der Waals surface area contributed by atoms with Gasteiger partial charge in [-0.1, -0.05) is 52.3 Å². The molecule has 0 saturated carbocycles. The van der Waals surface area contributed by atoms with E-state index in [1.165, 1.54) is 0 Å². The first-order valence-corrected chi connectivity index (χ1v) is 6.66. The largest absolute Gasteiger partial charge is 0.271 e. The summed E-state index contributed by atoms with van der Waals surface area (Å²) in [6, 6.07) is 17.1. The molecule has 2 aromatic carbocycles. The Hall–Kier alpha value is -1.94. The Kier molecular flexibility index (Phi) is 4.86. The summed E-state index contributed by atoms with van der Waals surface area (Å²) in [6.45, 7) is 0. The number of rotatable bonds is 4. The Morgan fingerprint density at radius 1 is 1.16 bits per heavy atom. The Balaban J connectivity index is 1.87. The van der Waals surface area contributed by atoms with E-state index in [1.807, 2.05) is 42.5 Å². The summed E-state index contributed by atoms with van der Waals surface area (Å²) < 4.78 is 0.869. The van der Waals surface area contributed by atoms with E-state index in [9.17, 15) is 4.79 Å². The number of carbonyl (C=O) groups excluding carboxylic acids is 1. The second-order valence-electron chi connectivity index (χ2n) is 3.95. The van der Waals surface area contributed by atoms with E-state index in [0.29, 0.717) is 12.0 Å². The number of amides is 1. The molecule has 0 atom stereocenters. The zero-order valence-electron chi connectivity index (χ0n) is 10.2. The molecule has 0 radical (unpaired) electrons. The zero-order chi connectivity index (χ0) is 13.5. The van der Waals surface area contributed by atoms with Crippen LogP contribution >= 0.6 is 15.9 Å². The first-order chi connectivity index (χ1) is 9.25. The highest BCUT2D eigenvalue weighted by atomic mass is 79.9. The van der Waals surface area contributed by atoms with Crippen molar-refractivity contribution >= 4 is 28.1 Å². The zero-order valence-corrected chi connectivity index (χ0v) is 11.8. The van der Waals surface area contributed by atoms with E-state index in [-0.39, 0.29) is 5.91 Å². The lowest BCUT2D eigenvalue weighted by Crippen LogP contribution is -2.17. The molecule has 0 aliphatic carbocycles. The number of carbonyl (C=O) groups is 1. The van der Waals surface area contributed by atoms with Crippen molar-refractivity contribution < 1.29 is 4.79 Å². The molecule has 0 aliphatic heterocycles. The van der Waals surface area contributed by atoms with Gasteiger partial charge in [0.1, 0.15) is 0 Å². The number of halogens is 1. The Labute approximate surface area is 120 Å². The van der Waals surface area contributed by atoms with E-state index < -0.39 is 0 Å². The van der Waals surface area contributed by atoms with Crippen LogP contribution in [0.5, 0.6) is 0 Å². The smallest absolute Gasteiger partial charge is 0.267 e. The van der Waals surface area contributed by atoms with Crippen LogP contribution in [0.25, 0.3) is 0 Å². The number of hydrogen-bond donors (Lipinski definition) is 1. The van der Waals surface area contributed by atoms with E-state index in [0.717, 1.165) is 10.0 Å². The second-order valence-corrected chi connectivity index (χ2v) is 4.87. The van der Waals surface area contributed by atoms with Crippen LogP contribution in [-0.2, 0) is 6.42 Å². The van der Waals surface area contributed by atoms with Crippen molar-refractivity contribution in [1.29, 1.82) is 0 Å². The van der Waals surface area contributed by atoms with Gasteiger partial charge in [-0.15, -0.1) is 0 Å². The summed E-state index contributed by atoms with van der Waals surface area (Å²) in [5.74, 6) is -0.217. The minimum Gasteiger partial charge on any atom is -0.267 e. The van der Waals surface area contributed by atoms with Crippen LogP contribution in [-0.4, -0.2) is 12.1 Å². The maximum absolute atomic E-state index is 11.8. The van der Waals surface area contributed by atoms with Crippen LogP contribution in [0, 0.1) is 0 Å². The number of nitrogens with one attached hydrogen (secondary N) is 1. The minimum atomic E-state index is -0.217. The van der Waals surface area contributed by atoms with E-state index in [2.05, 4.69) is 26.5 Å². The molecule has 0 heterocycles. The molecule has 0 aromatic heterocycles. The van der Waals surface area contributed by atoms with Crippen molar-refractivity contribution in [1.82, 2.24) is 5.43 Å². The van der Waals surface area contributed by atoms with Crippen LogP contribution in [0.2, 0.25) is 0 Å². The number of benzene rings is 2. The maximum atomic E-state index is 11.8. The fourth-order valence-corrected chi connectivity index (χ4v) is 1.96. The van der Waals surface area contributed by atoms with Crippen LogP contribution in [0.3, 0.4) is 0 Å². The van der Waals surface area contributed by atoms with Crippen LogP contribution in [0.15, 0.2) is 64.2 Å². The molecule has 0 bridgehead atoms. The molecule has 2 rings (SSSR count). The van der Waals surface area contributed by atoms with Gasteiger partial charge in [0.2, 0.25) is 0 Å². The van der Waals surface area contributed by atoms with E-state index >= 15 is 0 Å². The SMILES string of the molecule is O=C(NN=CCc1ccccc1)c1cccc(Br)c1. The van der Waals surface area contributed by atoms with E-state index in [1.54, 1.807) is 18.3 Å². The molecule has 0 unspecified atom stereocenters. The standard InChI is InChI=1S/C15H13BrN2O/c16-14-8-4-7-13(11-14)15(19)18-17-10-9-12-5-2-1-3-6-12/h1-8,10-11H,9H2,(H,18,19). The fourth-order valence-electron chi connectivity index (χ4n) is 1.56. The van der Waals surface area contributed by atoms with Gasteiger partial charge < -0.3 is 0 Å². The lowest BCUT2D eigenvalue weighted by Gasteiger charge is -2.00. The third kappa shape index (κ3) is 4.34. The molecular formula is C15H13BrN2O. The number of hydrogen-bond acceptors (Lipinski definition) is 2. The van der Waals surface area contributed by atoms with Gasteiger partial charge in [0.05, 0.1) is 0 Å². The summed E-state index contributed by atoms with van der Waals surface area (Å²) in [4.78, 5) is 11.8. The highest BCUT2D eigenvalue weighted by molar-refractivity contribution is 9.10. The lowest BCUT2D eigenvalue weighted by molar-refractivity contribution is 0.0955. The molecule has 2 aromatic rings. The monoisotopic (exact) mass is 316 g/mol. The second kappa shape index (κ2) is 6.85. The molecule has 3 nitrogen and oxygen atoms in total. The molecular weight excluding hydrogens is 304 g/mol. The molecule has 1 N–H and O–H groups in total. The molecule has 0 fully saturated rings. The van der Waals surface area contributed by atoms with Crippen molar-refractivity contribution in [3.05, 3.63) is 70.2 Å². The van der Waals surface area contributed by atoms with E-state index in [4.69, 9.17) is 0 Å². The van der Waals surface area contributed by atoms with Crippen LogP contribution < -0.4 is 5.43 Å². The van der Waals surface area contributed by atoms with Gasteiger partial charge in [-0.3, -0.25) is 4.79 Å². The normalized spacial score (nSPS) is 10.6. The summed E-state index contributed by atoms with van der Waals surface area (Å²) in [5.41, 5.74) is 4.24. The lowest BCUT2D eigenvalue weighted by atomic mass is 10.2. The van der Waals surface area contributed by atoms with Gasteiger partial charge in [0.15, 0.2) is 0 Å². The van der Waals surface area contributed by atoms with Crippen molar-refractivity contribution in [2.45, 2.75) is 6.42 Å². The predicted octanol–water partition coefficient (Wildman–Crippen LogP) is 3.41. The molecule has 0 spiro atoms. The first kappa shape index (κ1) is 13.5. The topological polar surface area (TPSA) is 41.5 Å². The maximum Gasteiger partial charge on any atom is 0.271 e. The molecule has 0 aliphatic rings. The summed E-state index contributed by atoms with van der Waals surface area (Å²) >= 11 is 3.32. The average Bonchev–Trinajstić information content (AvgIpc) is 2.44. The fraction of sp³-hybridized carbons (Fsp3) is 0.0667. The summed E-state index contributed by atoms with van der Waals surface area (Å²) in [7, 11) is 0. The summed E-state index contributed by atoms with van der Waals surface area (Å²) in [5, 5.41) is 3.93. The van der Waals surface area contributed by atoms with Gasteiger partial charge in [0, 0.05) is 22.7 Å². The van der Waals surface area contributed by atoms with Gasteiger partial charge in [-0.2, -0.15) is 5.10 Å². The van der Waals surface area contributed by atoms with Crippen molar-refractivity contribution in [2.75, 3.05) is 0 Å². The molecule has 96 valence electrons. The Morgan fingerprint density at radius 2 is 1.95 bits per heavy atom. The third-order valence-electron chi connectivity index (χ3n) is 2.51. The number of hydrazone groups is 1. The Bertz CT molecular complexity index is 582. The quantitative estimate of drug-likeness (QED) is 0.681. The number of nitrogens with zero attached hydrogens (tertiary/aromatic N) is 1. The highest BCUT2D eigenvalue weighted by Gasteiger charge is 2.03. The molecule has 19 heavy (non-hydrogen) atoms. The third-order valence-corrected chi connectivity index (χ3v) is 3.01. The van der Waals surface area contributed by atoms with Crippen molar-refractivity contribution in [3.8, 4) is 0 Å². The highest BCUT2D eigenvalue weighted by Crippen LogP contribution is 2.11. The predicted molar refractivity (Wildman–Crippen MR) is 80.2 cm³/mol. The van der Waals surface area contributed by atoms with Crippen molar-refractivity contribution in [3.63, 3.8) is 0 Å². The van der Waals surface area contributed by atoms with Gasteiger partial charge >= 0.3 is 0 Å². The average molecular weight is 317 g/mol. The summed E-state index contributed by atoms with van der Waals surface area (Å²) in [6.07, 6.45) is 2.38. The Morgan fingerprint density at radius 3 is 2.68 bits per heavy atom. The van der Waals surface area contributed by atoms with Gasteiger partial charge in [-0.25, -0.2) is 5.43 Å². The van der Waals surface area contributed by atoms with Gasteiger partial charge in [0.25, 0.3) is 5.91 Å². The molecule has 0 saturated heterocycles.